The van der Waals surface area contributed by atoms with E-state index in [4.69, 9.17) is 25.8 Å². The van der Waals surface area contributed by atoms with E-state index in [0.717, 1.165) is 43.7 Å². The van der Waals surface area contributed by atoms with Crippen molar-refractivity contribution in [3.05, 3.63) is 58.6 Å². The van der Waals surface area contributed by atoms with Gasteiger partial charge in [-0.25, -0.2) is 0 Å². The van der Waals surface area contributed by atoms with Crippen LogP contribution in [0.4, 0.5) is 0 Å². The van der Waals surface area contributed by atoms with Crippen LogP contribution in [0, 0.1) is 0 Å². The third-order valence-electron chi connectivity index (χ3n) is 4.24. The smallest absolute Gasteiger partial charge is 0.180 e. The van der Waals surface area contributed by atoms with Gasteiger partial charge in [-0.3, -0.25) is 0 Å². The monoisotopic (exact) mass is 361 g/mol. The largest absolute Gasteiger partial charge is 0.493 e. The Labute approximate surface area is 154 Å². The lowest BCUT2D eigenvalue weighted by Crippen LogP contribution is -2.25. The predicted octanol–water partition coefficient (Wildman–Crippen LogP) is 4.20. The molecular formula is C20H24ClNO3. The molecule has 1 atom stereocenters. The molecule has 5 heteroatoms. The van der Waals surface area contributed by atoms with Gasteiger partial charge in [-0.15, -0.1) is 0 Å². The average molecular weight is 362 g/mol. The third-order valence-corrected chi connectivity index (χ3v) is 4.52. The van der Waals surface area contributed by atoms with Crippen LogP contribution in [0.3, 0.4) is 0 Å². The molecule has 0 radical (unpaired) electrons. The molecule has 1 heterocycles. The Morgan fingerprint density at radius 2 is 2.04 bits per heavy atom. The highest BCUT2D eigenvalue weighted by molar-refractivity contribution is 6.32. The molecule has 1 aliphatic heterocycles. The summed E-state index contributed by atoms with van der Waals surface area (Å²) in [5, 5.41) is 3.98. The first kappa shape index (κ1) is 18.1. The minimum Gasteiger partial charge on any atom is -0.493 e. The van der Waals surface area contributed by atoms with Crippen LogP contribution in [0.5, 0.6) is 11.5 Å². The van der Waals surface area contributed by atoms with Crippen LogP contribution < -0.4 is 14.8 Å². The molecule has 1 saturated heterocycles. The van der Waals surface area contributed by atoms with Crippen molar-refractivity contribution in [1.82, 2.24) is 5.32 Å². The van der Waals surface area contributed by atoms with Crippen molar-refractivity contribution in [2.75, 3.05) is 20.3 Å². The van der Waals surface area contributed by atoms with E-state index in [1.165, 1.54) is 0 Å². The molecule has 0 bridgehead atoms. The van der Waals surface area contributed by atoms with Gasteiger partial charge >= 0.3 is 0 Å². The van der Waals surface area contributed by atoms with Crippen molar-refractivity contribution in [2.24, 2.45) is 0 Å². The quantitative estimate of drug-likeness (QED) is 0.765. The summed E-state index contributed by atoms with van der Waals surface area (Å²) >= 11 is 6.43. The molecule has 25 heavy (non-hydrogen) atoms. The molecule has 2 aromatic rings. The van der Waals surface area contributed by atoms with Gasteiger partial charge in [0, 0.05) is 19.7 Å². The Kier molecular flexibility index (Phi) is 6.56. The van der Waals surface area contributed by atoms with Gasteiger partial charge in [0.25, 0.3) is 0 Å². The van der Waals surface area contributed by atoms with Crippen LogP contribution in [0.2, 0.25) is 5.02 Å². The van der Waals surface area contributed by atoms with Gasteiger partial charge in [-0.05, 0) is 36.1 Å². The van der Waals surface area contributed by atoms with Gasteiger partial charge in [0.2, 0.25) is 0 Å². The molecule has 134 valence electrons. The first-order valence-electron chi connectivity index (χ1n) is 8.61. The maximum Gasteiger partial charge on any atom is 0.180 e. The Morgan fingerprint density at radius 3 is 2.76 bits per heavy atom. The highest BCUT2D eigenvalue weighted by atomic mass is 35.5. The predicted molar refractivity (Wildman–Crippen MR) is 99.5 cm³/mol. The highest BCUT2D eigenvalue weighted by Crippen LogP contribution is 2.37. The summed E-state index contributed by atoms with van der Waals surface area (Å²) in [7, 11) is 1.63. The van der Waals surface area contributed by atoms with Crippen LogP contribution in [-0.2, 0) is 17.9 Å². The van der Waals surface area contributed by atoms with Gasteiger partial charge in [-0.1, -0.05) is 41.9 Å². The van der Waals surface area contributed by atoms with E-state index in [1.54, 1.807) is 7.11 Å². The van der Waals surface area contributed by atoms with Crippen LogP contribution >= 0.6 is 11.6 Å². The number of benzene rings is 2. The first-order chi connectivity index (χ1) is 12.3. The van der Waals surface area contributed by atoms with Crippen molar-refractivity contribution >= 4 is 11.6 Å². The maximum atomic E-state index is 6.43. The van der Waals surface area contributed by atoms with Crippen molar-refractivity contribution in [3.8, 4) is 11.5 Å². The average Bonchev–Trinajstić information content (AvgIpc) is 3.15. The zero-order valence-electron chi connectivity index (χ0n) is 14.5. The van der Waals surface area contributed by atoms with Gasteiger partial charge in [-0.2, -0.15) is 0 Å². The molecule has 0 amide bonds. The lowest BCUT2D eigenvalue weighted by Gasteiger charge is -2.15. The molecule has 1 N–H and O–H groups in total. The number of hydrogen-bond acceptors (Lipinski definition) is 4. The van der Waals surface area contributed by atoms with E-state index in [0.29, 0.717) is 29.2 Å². The third kappa shape index (κ3) is 5.11. The molecule has 3 rings (SSSR count). The second-order valence-corrected chi connectivity index (χ2v) is 6.56. The summed E-state index contributed by atoms with van der Waals surface area (Å²) in [4.78, 5) is 0. The number of ether oxygens (including phenoxy) is 3. The van der Waals surface area contributed by atoms with Gasteiger partial charge in [0.15, 0.2) is 11.5 Å². The first-order valence-corrected chi connectivity index (χ1v) is 8.99. The second kappa shape index (κ2) is 9.09. The molecule has 0 saturated carbocycles. The molecular weight excluding hydrogens is 338 g/mol. The summed E-state index contributed by atoms with van der Waals surface area (Å²) in [6.07, 6.45) is 2.61. The summed E-state index contributed by atoms with van der Waals surface area (Å²) in [6.45, 7) is 2.90. The van der Waals surface area contributed by atoms with Crippen molar-refractivity contribution < 1.29 is 14.2 Å². The lowest BCUT2D eigenvalue weighted by atomic mass is 10.2. The Morgan fingerprint density at radius 1 is 1.20 bits per heavy atom. The fraction of sp³-hybridized carbons (Fsp3) is 0.400. The molecule has 1 aliphatic rings. The summed E-state index contributed by atoms with van der Waals surface area (Å²) in [5.74, 6) is 1.23. The Balaban J connectivity index is 1.61. The van der Waals surface area contributed by atoms with E-state index in [9.17, 15) is 0 Å². The molecule has 0 aromatic heterocycles. The fourth-order valence-corrected chi connectivity index (χ4v) is 3.22. The topological polar surface area (TPSA) is 39.7 Å². The SMILES string of the molecule is COc1cc(CNCC2CCCO2)cc(Cl)c1OCc1ccccc1. The second-order valence-electron chi connectivity index (χ2n) is 6.15. The highest BCUT2D eigenvalue weighted by Gasteiger charge is 2.16. The molecule has 1 fully saturated rings. The maximum absolute atomic E-state index is 6.43. The van der Waals surface area contributed by atoms with E-state index in [-0.39, 0.29) is 0 Å². The Hall–Kier alpha value is -1.75. The minimum absolute atomic E-state index is 0.325. The number of nitrogens with one attached hydrogen (secondary N) is 1. The van der Waals surface area contributed by atoms with Crippen molar-refractivity contribution in [2.45, 2.75) is 32.1 Å². The van der Waals surface area contributed by atoms with E-state index in [1.807, 2.05) is 42.5 Å². The van der Waals surface area contributed by atoms with Crippen LogP contribution in [0.25, 0.3) is 0 Å². The molecule has 0 aliphatic carbocycles. The van der Waals surface area contributed by atoms with Crippen LogP contribution in [0.1, 0.15) is 24.0 Å². The van der Waals surface area contributed by atoms with Crippen molar-refractivity contribution in [3.63, 3.8) is 0 Å². The van der Waals surface area contributed by atoms with E-state index in [2.05, 4.69) is 5.32 Å². The van der Waals surface area contributed by atoms with E-state index >= 15 is 0 Å². The zero-order valence-corrected chi connectivity index (χ0v) is 15.2. The fourth-order valence-electron chi connectivity index (χ4n) is 2.93. The van der Waals surface area contributed by atoms with Crippen molar-refractivity contribution in [1.29, 1.82) is 0 Å². The van der Waals surface area contributed by atoms with E-state index < -0.39 is 0 Å². The minimum atomic E-state index is 0.325. The van der Waals surface area contributed by atoms with Crippen LogP contribution in [-0.4, -0.2) is 26.4 Å². The summed E-state index contributed by atoms with van der Waals surface area (Å²) in [5.41, 5.74) is 2.15. The zero-order chi connectivity index (χ0) is 17.5. The molecule has 4 nitrogen and oxygen atoms in total. The molecule has 0 spiro atoms. The summed E-state index contributed by atoms with van der Waals surface area (Å²) in [6, 6.07) is 13.9. The van der Waals surface area contributed by atoms with Crippen LogP contribution in [0.15, 0.2) is 42.5 Å². The number of halogens is 1. The van der Waals surface area contributed by atoms with Gasteiger partial charge < -0.3 is 19.5 Å². The summed E-state index contributed by atoms with van der Waals surface area (Å²) < 4.78 is 17.0. The molecule has 1 unspecified atom stereocenters. The number of methoxy groups -OCH3 is 1. The lowest BCUT2D eigenvalue weighted by molar-refractivity contribution is 0.110. The normalized spacial score (nSPS) is 16.8. The standard InChI is InChI=1S/C20H24ClNO3/c1-23-19-11-16(12-22-13-17-8-5-9-24-17)10-18(21)20(19)25-14-15-6-3-2-4-7-15/h2-4,6-7,10-11,17,22H,5,8-9,12-14H2,1H3. The van der Waals surface area contributed by atoms with Gasteiger partial charge in [0.1, 0.15) is 6.61 Å². The number of rotatable bonds is 8. The van der Waals surface area contributed by atoms with Gasteiger partial charge in [0.05, 0.1) is 18.2 Å². The molecule has 2 aromatic carbocycles. The Bertz CT molecular complexity index is 672. The number of hydrogen-bond donors (Lipinski definition) is 1.